The predicted molar refractivity (Wildman–Crippen MR) is 96.8 cm³/mol. The largest absolute Gasteiger partial charge is 0.573 e. The number of rotatable bonds is 5. The van der Waals surface area contributed by atoms with Gasteiger partial charge in [0.1, 0.15) is 28.0 Å². The normalized spacial score (nSPS) is 12.4. The van der Waals surface area contributed by atoms with Crippen molar-refractivity contribution in [2.24, 2.45) is 0 Å². The summed E-state index contributed by atoms with van der Waals surface area (Å²) in [5.74, 6) is -4.69. The van der Waals surface area contributed by atoms with Gasteiger partial charge in [-0.2, -0.15) is 0 Å². The molecule has 0 amide bonds. The van der Waals surface area contributed by atoms with Gasteiger partial charge in [-0.25, -0.2) is 26.0 Å². The Bertz CT molecular complexity index is 1260. The molecule has 0 saturated carbocycles. The van der Waals surface area contributed by atoms with Crippen molar-refractivity contribution in [3.63, 3.8) is 0 Å². The average Bonchev–Trinajstić information content (AvgIpc) is 3.06. The third-order valence-electron chi connectivity index (χ3n) is 4.25. The zero-order valence-electron chi connectivity index (χ0n) is 16.1. The Morgan fingerprint density at radius 1 is 1.03 bits per heavy atom. The van der Waals surface area contributed by atoms with Crippen molar-refractivity contribution >= 4 is 9.84 Å². The lowest BCUT2D eigenvalue weighted by Gasteiger charge is -2.12. The second-order valence-corrected chi connectivity index (χ2v) is 8.59. The number of benzene rings is 2. The van der Waals surface area contributed by atoms with Crippen LogP contribution in [-0.4, -0.2) is 26.2 Å². The summed E-state index contributed by atoms with van der Waals surface area (Å²) >= 11 is 0. The van der Waals surface area contributed by atoms with Crippen LogP contribution in [0.15, 0.2) is 39.8 Å². The summed E-state index contributed by atoms with van der Waals surface area (Å²) in [6.07, 6.45) is -7.68. The van der Waals surface area contributed by atoms with Gasteiger partial charge in [-0.05, 0) is 48.4 Å². The van der Waals surface area contributed by atoms with Gasteiger partial charge in [0.25, 0.3) is 6.43 Å². The first-order valence-electron chi connectivity index (χ1n) is 8.53. The monoisotopic (exact) mass is 483 g/mol. The molecule has 0 aliphatic heterocycles. The van der Waals surface area contributed by atoms with Crippen LogP contribution in [0.3, 0.4) is 0 Å². The van der Waals surface area contributed by atoms with E-state index in [1.807, 2.05) is 0 Å². The second kappa shape index (κ2) is 8.11. The molecule has 1 heterocycles. The number of hydrogen-bond acceptors (Lipinski definition) is 5. The van der Waals surface area contributed by atoms with E-state index in [-0.39, 0.29) is 16.8 Å². The Kier molecular flexibility index (Phi) is 5.98. The maximum Gasteiger partial charge on any atom is 0.573 e. The third kappa shape index (κ3) is 4.71. The van der Waals surface area contributed by atoms with Crippen LogP contribution in [0.1, 0.15) is 17.7 Å². The Morgan fingerprint density at radius 3 is 2.09 bits per heavy atom. The fourth-order valence-electron chi connectivity index (χ4n) is 3.02. The fraction of sp³-hybridized carbons (Fsp3) is 0.211. The van der Waals surface area contributed by atoms with E-state index >= 15 is 0 Å². The maximum atomic E-state index is 14.4. The van der Waals surface area contributed by atoms with Gasteiger partial charge in [0, 0.05) is 11.8 Å². The van der Waals surface area contributed by atoms with Gasteiger partial charge in [-0.15, -0.1) is 13.2 Å². The van der Waals surface area contributed by atoms with Crippen molar-refractivity contribution in [1.29, 1.82) is 0 Å². The van der Waals surface area contributed by atoms with E-state index < -0.39 is 61.8 Å². The van der Waals surface area contributed by atoms with Gasteiger partial charge in [-0.3, -0.25) is 0 Å². The minimum Gasteiger partial charge on any atom is -0.406 e. The summed E-state index contributed by atoms with van der Waals surface area (Å²) in [7, 11) is -4.31. The van der Waals surface area contributed by atoms with E-state index in [9.17, 15) is 39.2 Å². The molecule has 0 unspecified atom stereocenters. The van der Waals surface area contributed by atoms with Gasteiger partial charge in [-0.1, -0.05) is 5.16 Å². The molecule has 0 N–H and O–H groups in total. The van der Waals surface area contributed by atoms with Gasteiger partial charge in [0.15, 0.2) is 9.84 Å². The number of halogens is 7. The molecule has 2 aromatic carbocycles. The standard InChI is InChI=1S/C19H12F7NO4S/c1-8-5-9(3-4-13(8)30-19(24,25)26)15-14(16(18(22)23)31-27-15)10-6-11(20)17(12(21)7-10)32(2,28)29/h3-7,18H,1-2H3. The Hall–Kier alpha value is -3.09. The van der Waals surface area contributed by atoms with Crippen LogP contribution >= 0.6 is 0 Å². The SMILES string of the molecule is Cc1cc(-c2noc(C(F)F)c2-c2cc(F)c(S(C)(=O)=O)c(F)c2)ccc1OC(F)(F)F. The van der Waals surface area contributed by atoms with Crippen LogP contribution in [0, 0.1) is 18.6 Å². The maximum absolute atomic E-state index is 14.4. The highest BCUT2D eigenvalue weighted by Crippen LogP contribution is 2.41. The van der Waals surface area contributed by atoms with Crippen LogP contribution in [0.2, 0.25) is 0 Å². The molecule has 32 heavy (non-hydrogen) atoms. The zero-order chi connectivity index (χ0) is 24.0. The fourth-order valence-corrected chi connectivity index (χ4v) is 3.85. The molecule has 0 bridgehead atoms. The van der Waals surface area contributed by atoms with Gasteiger partial charge >= 0.3 is 6.36 Å². The minimum atomic E-state index is -4.97. The molecule has 0 fully saturated rings. The summed E-state index contributed by atoms with van der Waals surface area (Å²) in [4.78, 5) is -1.25. The van der Waals surface area contributed by atoms with Crippen molar-refractivity contribution in [2.75, 3.05) is 6.26 Å². The van der Waals surface area contributed by atoms with Crippen LogP contribution < -0.4 is 4.74 Å². The molecule has 0 aliphatic rings. The summed E-state index contributed by atoms with van der Waals surface area (Å²) in [6.45, 7) is 1.25. The Labute approximate surface area is 176 Å². The third-order valence-corrected chi connectivity index (χ3v) is 5.38. The van der Waals surface area contributed by atoms with Crippen molar-refractivity contribution < 1.29 is 48.4 Å². The van der Waals surface area contributed by atoms with Crippen molar-refractivity contribution in [3.05, 3.63) is 53.3 Å². The lowest BCUT2D eigenvalue weighted by atomic mass is 9.97. The number of aryl methyl sites for hydroxylation is 1. The highest BCUT2D eigenvalue weighted by Gasteiger charge is 2.32. The number of nitrogens with zero attached hydrogens (tertiary/aromatic N) is 1. The molecule has 3 rings (SSSR count). The summed E-state index contributed by atoms with van der Waals surface area (Å²) < 4.78 is 125. The minimum absolute atomic E-state index is 0.0179. The number of alkyl halides is 5. The number of hydrogen-bond donors (Lipinski definition) is 0. The molecular formula is C19H12F7NO4S. The van der Waals surface area contributed by atoms with Crippen LogP contribution in [0.5, 0.6) is 5.75 Å². The lowest BCUT2D eigenvalue weighted by Crippen LogP contribution is -2.17. The van der Waals surface area contributed by atoms with Crippen molar-refractivity contribution in [1.82, 2.24) is 5.16 Å². The Balaban J connectivity index is 2.20. The van der Waals surface area contributed by atoms with E-state index in [1.54, 1.807) is 0 Å². The average molecular weight is 483 g/mol. The topological polar surface area (TPSA) is 69.4 Å². The lowest BCUT2D eigenvalue weighted by molar-refractivity contribution is -0.274. The van der Waals surface area contributed by atoms with E-state index in [0.717, 1.165) is 18.2 Å². The van der Waals surface area contributed by atoms with Crippen molar-refractivity contribution in [3.8, 4) is 28.1 Å². The highest BCUT2D eigenvalue weighted by molar-refractivity contribution is 7.90. The molecule has 0 spiro atoms. The molecule has 0 atom stereocenters. The number of aromatic nitrogens is 1. The summed E-state index contributed by atoms with van der Waals surface area (Å²) in [5, 5.41) is 3.48. The van der Waals surface area contributed by atoms with Crippen LogP contribution in [0.4, 0.5) is 30.7 Å². The van der Waals surface area contributed by atoms with Gasteiger partial charge < -0.3 is 9.26 Å². The van der Waals surface area contributed by atoms with E-state index in [0.29, 0.717) is 18.4 Å². The molecule has 13 heteroatoms. The Morgan fingerprint density at radius 2 is 1.62 bits per heavy atom. The highest BCUT2D eigenvalue weighted by atomic mass is 32.2. The number of sulfone groups is 1. The molecular weight excluding hydrogens is 471 g/mol. The molecule has 172 valence electrons. The summed E-state index contributed by atoms with van der Waals surface area (Å²) in [6, 6.07) is 4.13. The first kappa shape index (κ1) is 23.6. The smallest absolute Gasteiger partial charge is 0.406 e. The molecule has 0 aliphatic carbocycles. The molecule has 0 saturated heterocycles. The second-order valence-electron chi connectivity index (χ2n) is 6.64. The van der Waals surface area contributed by atoms with Crippen LogP contribution in [-0.2, 0) is 9.84 Å². The molecule has 3 aromatic rings. The van der Waals surface area contributed by atoms with Crippen molar-refractivity contribution in [2.45, 2.75) is 24.6 Å². The number of ether oxygens (including phenoxy) is 1. The first-order valence-corrected chi connectivity index (χ1v) is 10.4. The quantitative estimate of drug-likeness (QED) is 0.427. The predicted octanol–water partition coefficient (Wildman–Crippen LogP) is 5.83. The molecule has 5 nitrogen and oxygen atoms in total. The van der Waals surface area contributed by atoms with E-state index in [2.05, 4.69) is 14.4 Å². The summed E-state index contributed by atoms with van der Waals surface area (Å²) in [5.41, 5.74) is -1.48. The van der Waals surface area contributed by atoms with Gasteiger partial charge in [0.2, 0.25) is 5.76 Å². The zero-order valence-corrected chi connectivity index (χ0v) is 16.9. The van der Waals surface area contributed by atoms with Crippen LogP contribution in [0.25, 0.3) is 22.4 Å². The first-order chi connectivity index (χ1) is 14.7. The van der Waals surface area contributed by atoms with Gasteiger partial charge in [0.05, 0.1) is 5.56 Å². The van der Waals surface area contributed by atoms with E-state index in [1.165, 1.54) is 6.92 Å². The molecule has 1 aromatic heterocycles. The van der Waals surface area contributed by atoms with E-state index in [4.69, 9.17) is 0 Å². The molecule has 0 radical (unpaired) electrons.